The van der Waals surface area contributed by atoms with Gasteiger partial charge in [-0.1, -0.05) is 4.98 Å². The lowest BCUT2D eigenvalue weighted by molar-refractivity contribution is -0.739. The van der Waals surface area contributed by atoms with E-state index in [0.717, 1.165) is 5.52 Å². The van der Waals surface area contributed by atoms with Gasteiger partial charge >= 0.3 is 5.65 Å². The highest BCUT2D eigenvalue weighted by molar-refractivity contribution is 7.79. The van der Waals surface area contributed by atoms with Crippen molar-refractivity contribution in [2.45, 2.75) is 24.9 Å². The van der Waals surface area contributed by atoms with E-state index < -0.39 is 22.6 Å². The van der Waals surface area contributed by atoms with E-state index in [9.17, 15) is 10.2 Å². The van der Waals surface area contributed by atoms with Crippen molar-refractivity contribution in [2.75, 3.05) is 19.2 Å². The lowest BCUT2D eigenvalue weighted by Crippen LogP contribution is -2.39. The molecule has 13 nitrogen and oxygen atoms in total. The number of imidazole rings is 1. The first-order valence-corrected chi connectivity index (χ1v) is 8.65. The van der Waals surface area contributed by atoms with Crippen LogP contribution in [0.25, 0.3) is 11.2 Å². The Hall–Kier alpha value is -1.94. The first kappa shape index (κ1) is 20.4. The van der Waals surface area contributed by atoms with E-state index in [1.807, 2.05) is 22.5 Å². The number of aryl methyl sites for hydroxylation is 1. The summed E-state index contributed by atoms with van der Waals surface area (Å²) in [5, 5.41) is 19.1. The lowest BCUT2D eigenvalue weighted by Gasteiger charge is -2.10. The summed E-state index contributed by atoms with van der Waals surface area (Å²) in [7, 11) is -1.55. The quantitative estimate of drug-likeness (QED) is 0.193. The predicted octanol–water partition coefficient (Wildman–Crippen LogP) is -2.13. The number of fused-ring (bicyclic) bond motifs is 1. The second-order valence-electron chi connectivity index (χ2n) is 5.38. The van der Waals surface area contributed by atoms with E-state index in [1.165, 1.54) is 13.4 Å². The Labute approximate surface area is 148 Å². The number of ether oxygens (including phenoxy) is 1. The Balaban J connectivity index is 0.000000431. The monoisotopic (exact) mass is 393 g/mol. The number of rotatable bonds is 4. The molecule has 0 unspecified atom stereocenters. The molecule has 0 bridgehead atoms. The number of hydrogen-bond donors (Lipinski definition) is 4. The minimum Gasteiger partial charge on any atom is -0.726 e. The number of aliphatic hydroxyl groups is 2. The fourth-order valence-corrected chi connectivity index (χ4v) is 2.61. The molecule has 14 heteroatoms. The molecule has 3 heterocycles. The molecule has 4 N–H and O–H groups in total. The summed E-state index contributed by atoms with van der Waals surface area (Å²) >= 11 is 0. The van der Waals surface area contributed by atoms with Gasteiger partial charge < -0.3 is 19.5 Å². The van der Waals surface area contributed by atoms with Crippen LogP contribution >= 0.6 is 0 Å². The van der Waals surface area contributed by atoms with Gasteiger partial charge in [-0.05, 0) is 0 Å². The summed E-state index contributed by atoms with van der Waals surface area (Å²) in [6, 6.07) is 0. The Bertz CT molecular complexity index is 849. The van der Waals surface area contributed by atoms with Gasteiger partial charge in [-0.25, -0.2) is 18.5 Å². The van der Waals surface area contributed by atoms with Crippen molar-refractivity contribution >= 4 is 27.4 Å². The zero-order chi connectivity index (χ0) is 19.5. The highest BCUT2D eigenvalue weighted by Gasteiger charge is 2.38. The van der Waals surface area contributed by atoms with E-state index >= 15 is 0 Å². The summed E-state index contributed by atoms with van der Waals surface area (Å²) in [6.45, 7) is -0.214. The van der Waals surface area contributed by atoms with E-state index in [2.05, 4.69) is 15.4 Å². The zero-order valence-corrected chi connectivity index (χ0v) is 14.7. The normalized spacial score (nSPS) is 22.9. The van der Waals surface area contributed by atoms with Crippen LogP contribution in [-0.2, 0) is 27.0 Å². The van der Waals surface area contributed by atoms with Crippen molar-refractivity contribution in [3.05, 3.63) is 12.7 Å². The van der Waals surface area contributed by atoms with Crippen LogP contribution < -0.4 is 10.0 Å². The van der Waals surface area contributed by atoms with Crippen molar-refractivity contribution in [3.8, 4) is 0 Å². The molecule has 26 heavy (non-hydrogen) atoms. The molecular formula is C12H19N5O8S. The van der Waals surface area contributed by atoms with E-state index in [4.69, 9.17) is 27.1 Å². The highest BCUT2D eigenvalue weighted by atomic mass is 32.3. The molecule has 1 fully saturated rings. The van der Waals surface area contributed by atoms with Gasteiger partial charge in [0.15, 0.2) is 24.7 Å². The predicted molar refractivity (Wildman–Crippen MR) is 83.3 cm³/mol. The highest BCUT2D eigenvalue weighted by Crippen LogP contribution is 2.26. The fourth-order valence-electron chi connectivity index (χ4n) is 2.61. The summed E-state index contributed by atoms with van der Waals surface area (Å²) in [5.41, 5.74) is 4.12. The molecule has 2 aromatic heterocycles. The van der Waals surface area contributed by atoms with Gasteiger partial charge in [0.05, 0.1) is 26.9 Å². The maximum Gasteiger partial charge on any atom is 0.309 e. The van der Waals surface area contributed by atoms with Crippen molar-refractivity contribution in [1.29, 1.82) is 0 Å². The number of anilines is 1. The molecule has 0 saturated carbocycles. The lowest BCUT2D eigenvalue weighted by atomic mass is 10.2. The molecule has 1 aliphatic heterocycles. The van der Waals surface area contributed by atoms with Crippen LogP contribution in [0.3, 0.4) is 0 Å². The van der Waals surface area contributed by atoms with Crippen molar-refractivity contribution in [2.24, 2.45) is 7.05 Å². The maximum atomic E-state index is 9.87. The van der Waals surface area contributed by atoms with E-state index in [-0.39, 0.29) is 12.8 Å². The summed E-state index contributed by atoms with van der Waals surface area (Å²) in [4.78, 5) is 13.3. The molecule has 1 aliphatic rings. The van der Waals surface area contributed by atoms with Crippen LogP contribution in [0.1, 0.15) is 12.6 Å². The first-order valence-electron chi connectivity index (χ1n) is 7.28. The van der Waals surface area contributed by atoms with Crippen molar-refractivity contribution in [3.63, 3.8) is 0 Å². The average molecular weight is 393 g/mol. The molecule has 0 aliphatic carbocycles. The third-order valence-corrected chi connectivity index (χ3v) is 3.59. The summed E-state index contributed by atoms with van der Waals surface area (Å²) in [6.07, 6.45) is 1.99. The fraction of sp³-hybridized carbons (Fsp3) is 0.583. The molecule has 0 spiro atoms. The van der Waals surface area contributed by atoms with E-state index in [1.54, 1.807) is 0 Å². The van der Waals surface area contributed by atoms with Crippen LogP contribution in [0.4, 0.5) is 5.82 Å². The van der Waals surface area contributed by atoms with Crippen LogP contribution in [0.15, 0.2) is 12.7 Å². The Morgan fingerprint density at radius 1 is 1.54 bits per heavy atom. The average Bonchev–Trinajstić information content (AvgIpc) is 3.07. The SMILES string of the molecule is CONc1ncnc2c1n(C)c[n+]2[C@H]1C[C@H](O)[C@@H](CO)O1.O=S(=O)([O-])O. The Morgan fingerprint density at radius 2 is 2.19 bits per heavy atom. The third kappa shape index (κ3) is 4.82. The molecular weight excluding hydrogens is 374 g/mol. The van der Waals surface area contributed by atoms with Crippen molar-refractivity contribution in [1.82, 2.24) is 14.5 Å². The minimum atomic E-state index is -4.92. The van der Waals surface area contributed by atoms with Gasteiger partial charge in [0.1, 0.15) is 6.10 Å². The second kappa shape index (κ2) is 8.17. The van der Waals surface area contributed by atoms with E-state index in [0.29, 0.717) is 17.9 Å². The molecule has 146 valence electrons. The smallest absolute Gasteiger partial charge is 0.309 e. The minimum absolute atomic E-state index is 0.214. The summed E-state index contributed by atoms with van der Waals surface area (Å²) in [5.74, 6) is 0.543. The van der Waals surface area contributed by atoms with Crippen LogP contribution in [0.2, 0.25) is 0 Å². The van der Waals surface area contributed by atoms with Gasteiger partial charge in [0.2, 0.25) is 15.9 Å². The number of aromatic nitrogens is 4. The summed E-state index contributed by atoms with van der Waals surface area (Å²) < 4.78 is 42.2. The third-order valence-electron chi connectivity index (χ3n) is 3.59. The molecule has 0 radical (unpaired) electrons. The molecule has 2 aromatic rings. The molecule has 3 rings (SSSR count). The second-order valence-corrected chi connectivity index (χ2v) is 6.23. The number of aliphatic hydroxyl groups excluding tert-OH is 2. The largest absolute Gasteiger partial charge is 0.726 e. The maximum absolute atomic E-state index is 9.87. The van der Waals surface area contributed by atoms with Gasteiger partial charge in [-0.2, -0.15) is 4.98 Å². The number of nitrogens with one attached hydrogen (secondary N) is 1. The number of nitrogens with zero attached hydrogens (tertiary/aromatic N) is 4. The van der Waals surface area contributed by atoms with Crippen LogP contribution in [0, 0.1) is 0 Å². The van der Waals surface area contributed by atoms with Gasteiger partial charge in [-0.3, -0.25) is 14.0 Å². The Morgan fingerprint density at radius 3 is 2.73 bits per heavy atom. The van der Waals surface area contributed by atoms with Crippen LogP contribution in [0.5, 0.6) is 0 Å². The standard InChI is InChI=1S/C12H18N5O4.H2O4S/c1-16-6-17(9-3-7(19)8(4-18)21-9)12-10(16)11(15-20-2)13-5-14-12;1-5(2,3)4/h5-9,18-19H,3-4H2,1-2H3,(H,13,14,15);(H2,1,2,3,4)/q+1;/p-1/t7-,8+,9+;/m0./s1. The van der Waals surface area contributed by atoms with Gasteiger partial charge in [0, 0.05) is 6.42 Å². The Kier molecular flexibility index (Phi) is 6.40. The molecule has 3 atom stereocenters. The molecule has 0 aromatic carbocycles. The molecule has 1 saturated heterocycles. The van der Waals surface area contributed by atoms with Gasteiger partial charge in [-0.15, -0.1) is 0 Å². The first-order chi connectivity index (χ1) is 12.2. The number of hydrogen-bond acceptors (Lipinski definition) is 10. The van der Waals surface area contributed by atoms with Gasteiger partial charge in [0.25, 0.3) is 0 Å². The van der Waals surface area contributed by atoms with Crippen LogP contribution in [-0.4, -0.2) is 68.2 Å². The topological polar surface area (TPSA) is 183 Å². The van der Waals surface area contributed by atoms with Crippen molar-refractivity contribution < 1.29 is 41.9 Å². The molecule has 0 amide bonds. The zero-order valence-electron chi connectivity index (χ0n) is 13.9.